The van der Waals surface area contributed by atoms with E-state index in [1.54, 1.807) is 11.8 Å². The van der Waals surface area contributed by atoms with Gasteiger partial charge in [0.15, 0.2) is 8.32 Å². The van der Waals surface area contributed by atoms with Crippen LogP contribution in [0.25, 0.3) is 0 Å². The van der Waals surface area contributed by atoms with Crippen molar-refractivity contribution in [2.24, 2.45) is 0 Å². The summed E-state index contributed by atoms with van der Waals surface area (Å²) in [5, 5.41) is 0.215. The number of thioether (sulfide) groups is 1. The highest BCUT2D eigenvalue weighted by atomic mass is 32.2. The molecule has 0 aromatic heterocycles. The van der Waals surface area contributed by atoms with Crippen molar-refractivity contribution >= 4 is 28.2 Å². The zero-order valence-corrected chi connectivity index (χ0v) is 18.2. The molecule has 0 aliphatic heterocycles. The van der Waals surface area contributed by atoms with Crippen LogP contribution in [-0.4, -0.2) is 41.3 Å². The average Bonchev–Trinajstić information content (AvgIpc) is 2.28. The summed E-state index contributed by atoms with van der Waals surface area (Å²) in [6, 6.07) is 0. The fraction of sp³-hybridized carbons (Fsp3) is 0.875. The summed E-state index contributed by atoms with van der Waals surface area (Å²) in [6.45, 7) is 18.9. The SMILES string of the molecule is CSCOCC[C@@H](C#C[Si](C)(C)C)O[Si](C)(C)C(C)(C)C. The van der Waals surface area contributed by atoms with E-state index in [1.165, 1.54) is 0 Å². The smallest absolute Gasteiger partial charge is 0.193 e. The fourth-order valence-corrected chi connectivity index (χ4v) is 3.44. The monoisotopic (exact) mass is 346 g/mol. The Labute approximate surface area is 138 Å². The fourth-order valence-electron chi connectivity index (χ4n) is 1.32. The van der Waals surface area contributed by atoms with E-state index in [-0.39, 0.29) is 11.1 Å². The minimum atomic E-state index is -1.78. The first kappa shape index (κ1) is 21.3. The molecule has 0 aliphatic rings. The minimum Gasteiger partial charge on any atom is -0.403 e. The maximum atomic E-state index is 6.48. The summed E-state index contributed by atoms with van der Waals surface area (Å²) < 4.78 is 12.1. The maximum absolute atomic E-state index is 6.48. The van der Waals surface area contributed by atoms with Crippen molar-refractivity contribution in [1.82, 2.24) is 0 Å². The Morgan fingerprint density at radius 3 is 2.10 bits per heavy atom. The summed E-state index contributed by atoms with van der Waals surface area (Å²) >= 11 is 1.70. The standard InChI is InChI=1S/C16H34O2SSi2/c1-16(2,3)21(8,9)18-15(10-12-17-14-19-4)11-13-20(5,6)7/h15H,10,12,14H2,1-9H3/t15-/m0/s1. The van der Waals surface area contributed by atoms with E-state index in [1.807, 2.05) is 0 Å². The number of hydrogen-bond acceptors (Lipinski definition) is 3. The zero-order chi connectivity index (χ0) is 16.7. The summed E-state index contributed by atoms with van der Waals surface area (Å²) in [5.74, 6) is 4.15. The van der Waals surface area contributed by atoms with E-state index in [0.29, 0.717) is 0 Å². The zero-order valence-electron chi connectivity index (χ0n) is 15.4. The van der Waals surface area contributed by atoms with E-state index < -0.39 is 16.4 Å². The van der Waals surface area contributed by atoms with Crippen LogP contribution in [0.1, 0.15) is 27.2 Å². The van der Waals surface area contributed by atoms with Crippen LogP contribution < -0.4 is 0 Å². The molecule has 0 N–H and O–H groups in total. The van der Waals surface area contributed by atoms with Crippen LogP contribution >= 0.6 is 11.8 Å². The quantitative estimate of drug-likeness (QED) is 0.280. The lowest BCUT2D eigenvalue weighted by molar-refractivity contribution is 0.135. The molecule has 0 saturated heterocycles. The van der Waals surface area contributed by atoms with Gasteiger partial charge >= 0.3 is 0 Å². The molecule has 5 heteroatoms. The lowest BCUT2D eigenvalue weighted by Gasteiger charge is -2.38. The first-order chi connectivity index (χ1) is 9.39. The van der Waals surface area contributed by atoms with E-state index >= 15 is 0 Å². The first-order valence-corrected chi connectivity index (χ1v) is 15.5. The molecule has 0 aromatic rings. The normalized spacial score (nSPS) is 14.5. The maximum Gasteiger partial charge on any atom is 0.193 e. The van der Waals surface area contributed by atoms with Crippen molar-refractivity contribution in [1.29, 1.82) is 0 Å². The van der Waals surface area contributed by atoms with Crippen LogP contribution in [0.5, 0.6) is 0 Å². The third kappa shape index (κ3) is 9.80. The molecule has 124 valence electrons. The molecule has 0 unspecified atom stereocenters. The van der Waals surface area contributed by atoms with E-state index in [9.17, 15) is 0 Å². The van der Waals surface area contributed by atoms with Crippen molar-refractivity contribution in [3.8, 4) is 11.5 Å². The van der Waals surface area contributed by atoms with Crippen LogP contribution in [0.3, 0.4) is 0 Å². The second-order valence-corrected chi connectivity index (χ2v) is 18.3. The molecule has 0 aromatic carbocycles. The molecule has 1 atom stereocenters. The predicted octanol–water partition coefficient (Wildman–Crippen LogP) is 4.98. The highest BCUT2D eigenvalue weighted by Crippen LogP contribution is 2.37. The Morgan fingerprint density at radius 2 is 1.67 bits per heavy atom. The molecule has 0 aliphatic carbocycles. The first-order valence-electron chi connectivity index (χ1n) is 7.66. The van der Waals surface area contributed by atoms with Gasteiger partial charge in [-0.1, -0.05) is 46.3 Å². The van der Waals surface area contributed by atoms with Crippen molar-refractivity contribution in [3.63, 3.8) is 0 Å². The highest BCUT2D eigenvalue weighted by Gasteiger charge is 2.38. The van der Waals surface area contributed by atoms with Gasteiger partial charge in [0.25, 0.3) is 0 Å². The van der Waals surface area contributed by atoms with E-state index in [2.05, 4.69) is 71.2 Å². The molecule has 0 fully saturated rings. The molecular weight excluding hydrogens is 312 g/mol. The van der Waals surface area contributed by atoms with Crippen molar-refractivity contribution in [2.45, 2.75) is 71.1 Å². The third-order valence-electron chi connectivity index (χ3n) is 3.58. The molecule has 0 saturated carbocycles. The Balaban J connectivity index is 4.83. The van der Waals surface area contributed by atoms with Crippen LogP contribution in [0.2, 0.25) is 37.8 Å². The molecule has 2 nitrogen and oxygen atoms in total. The predicted molar refractivity (Wildman–Crippen MR) is 102 cm³/mol. The summed E-state index contributed by atoms with van der Waals surface area (Å²) in [7, 11) is -3.15. The van der Waals surface area contributed by atoms with Gasteiger partial charge in [0.2, 0.25) is 0 Å². The van der Waals surface area contributed by atoms with Gasteiger partial charge in [0, 0.05) is 6.42 Å². The lowest BCUT2D eigenvalue weighted by atomic mass is 10.2. The van der Waals surface area contributed by atoms with Crippen molar-refractivity contribution in [2.75, 3.05) is 18.8 Å². The molecule has 0 spiro atoms. The van der Waals surface area contributed by atoms with Crippen LogP contribution in [0.15, 0.2) is 0 Å². The van der Waals surface area contributed by atoms with Gasteiger partial charge in [0.1, 0.15) is 14.2 Å². The third-order valence-corrected chi connectivity index (χ3v) is 9.36. The Bertz CT molecular complexity index is 359. The van der Waals surface area contributed by atoms with Gasteiger partial charge < -0.3 is 9.16 Å². The van der Waals surface area contributed by atoms with Gasteiger partial charge in [-0.15, -0.1) is 17.3 Å². The van der Waals surface area contributed by atoms with Crippen LogP contribution in [0.4, 0.5) is 0 Å². The topological polar surface area (TPSA) is 18.5 Å². The minimum absolute atomic E-state index is 0.0134. The van der Waals surface area contributed by atoms with E-state index in [0.717, 1.165) is 19.0 Å². The van der Waals surface area contributed by atoms with Crippen LogP contribution in [0, 0.1) is 11.5 Å². The largest absolute Gasteiger partial charge is 0.403 e. The Kier molecular flexibility index (Phi) is 8.89. The van der Waals surface area contributed by atoms with Gasteiger partial charge in [0.05, 0.1) is 12.5 Å². The highest BCUT2D eigenvalue weighted by molar-refractivity contribution is 7.98. The Morgan fingerprint density at radius 1 is 1.10 bits per heavy atom. The van der Waals surface area contributed by atoms with E-state index in [4.69, 9.17) is 9.16 Å². The molecule has 0 bridgehead atoms. The molecule has 21 heavy (non-hydrogen) atoms. The lowest BCUT2D eigenvalue weighted by Crippen LogP contribution is -2.44. The number of ether oxygens (including phenoxy) is 1. The van der Waals surface area contributed by atoms with Gasteiger partial charge in [-0.25, -0.2) is 0 Å². The number of rotatable bonds is 7. The summed E-state index contributed by atoms with van der Waals surface area (Å²) in [5.41, 5.74) is 3.46. The molecule has 0 amide bonds. The summed E-state index contributed by atoms with van der Waals surface area (Å²) in [6.07, 6.45) is 2.93. The summed E-state index contributed by atoms with van der Waals surface area (Å²) in [4.78, 5) is 0. The van der Waals surface area contributed by atoms with Crippen molar-refractivity contribution < 1.29 is 9.16 Å². The van der Waals surface area contributed by atoms with Gasteiger partial charge in [-0.05, 0) is 24.4 Å². The Hall–Kier alpha value is 0.264. The molecule has 0 rings (SSSR count). The molecular formula is C16H34O2SSi2. The van der Waals surface area contributed by atoms with Gasteiger partial charge in [-0.2, -0.15) is 0 Å². The van der Waals surface area contributed by atoms with Crippen LogP contribution in [-0.2, 0) is 9.16 Å². The molecule has 0 radical (unpaired) electrons. The number of hydrogen-bond donors (Lipinski definition) is 0. The van der Waals surface area contributed by atoms with Gasteiger partial charge in [-0.3, -0.25) is 0 Å². The van der Waals surface area contributed by atoms with Crippen molar-refractivity contribution in [3.05, 3.63) is 0 Å². The molecule has 0 heterocycles. The average molecular weight is 347 g/mol. The second kappa shape index (κ2) is 8.78. The second-order valence-electron chi connectivity index (χ2n) is 7.99.